The summed E-state index contributed by atoms with van der Waals surface area (Å²) in [5.74, 6) is -0.361. The van der Waals surface area contributed by atoms with Crippen molar-refractivity contribution in [2.45, 2.75) is 12.3 Å². The van der Waals surface area contributed by atoms with E-state index >= 15 is 0 Å². The number of nitrogens with zero attached hydrogens (tertiary/aromatic N) is 2. The molecule has 8 heteroatoms. The van der Waals surface area contributed by atoms with Crippen LogP contribution in [0.3, 0.4) is 0 Å². The van der Waals surface area contributed by atoms with Crippen molar-refractivity contribution in [3.63, 3.8) is 0 Å². The van der Waals surface area contributed by atoms with Crippen LogP contribution in [0.2, 0.25) is 0 Å². The third kappa shape index (κ3) is 2.71. The van der Waals surface area contributed by atoms with Crippen LogP contribution in [-0.2, 0) is 5.88 Å². The van der Waals surface area contributed by atoms with Gasteiger partial charge < -0.3 is 0 Å². The summed E-state index contributed by atoms with van der Waals surface area (Å²) >= 11 is 7.04. The summed E-state index contributed by atoms with van der Waals surface area (Å²) in [5, 5.41) is 10.6. The lowest BCUT2D eigenvalue weighted by Crippen LogP contribution is -2.04. The molecule has 1 aromatic heterocycles. The van der Waals surface area contributed by atoms with Crippen molar-refractivity contribution in [2.24, 2.45) is 0 Å². The molecule has 1 aromatic rings. The molecule has 0 atom stereocenters. The van der Waals surface area contributed by atoms with Crippen LogP contribution in [0.15, 0.2) is 6.07 Å². The van der Waals surface area contributed by atoms with E-state index in [9.17, 15) is 18.9 Å². The van der Waals surface area contributed by atoms with Crippen molar-refractivity contribution in [1.82, 2.24) is 4.98 Å². The molecule has 0 aromatic carbocycles. The third-order valence-electron chi connectivity index (χ3n) is 1.64. The predicted octanol–water partition coefficient (Wildman–Crippen LogP) is 3.27. The van der Waals surface area contributed by atoms with E-state index < -0.39 is 22.7 Å². The van der Waals surface area contributed by atoms with Crippen LogP contribution >= 0.6 is 34.2 Å². The molecule has 0 bridgehead atoms. The average molecular weight is 348 g/mol. The minimum atomic E-state index is -2.87. The van der Waals surface area contributed by atoms with E-state index in [2.05, 4.69) is 4.98 Å². The maximum absolute atomic E-state index is 12.5. The molecule has 0 N–H and O–H groups in total. The summed E-state index contributed by atoms with van der Waals surface area (Å²) in [6.07, 6.45) is -2.87. The molecule has 0 unspecified atom stereocenters. The van der Waals surface area contributed by atoms with Gasteiger partial charge in [0.1, 0.15) is 9.39 Å². The molecule has 0 saturated heterocycles. The van der Waals surface area contributed by atoms with E-state index in [1.807, 2.05) is 0 Å². The molecule has 1 rings (SSSR count). The fraction of sp³-hybridized carbons (Fsp3) is 0.286. The number of hydrogen-bond donors (Lipinski definition) is 0. The highest BCUT2D eigenvalue weighted by molar-refractivity contribution is 14.1. The lowest BCUT2D eigenvalue weighted by molar-refractivity contribution is -0.385. The first-order valence-corrected chi connectivity index (χ1v) is 5.26. The Hall–Kier alpha value is -0.570. The van der Waals surface area contributed by atoms with Crippen LogP contribution < -0.4 is 0 Å². The number of halogens is 4. The van der Waals surface area contributed by atoms with E-state index in [4.69, 9.17) is 11.6 Å². The minimum absolute atomic E-state index is 0.142. The molecular weight excluding hydrogens is 344 g/mol. The van der Waals surface area contributed by atoms with E-state index in [1.165, 1.54) is 0 Å². The molecule has 0 saturated carbocycles. The minimum Gasteiger partial charge on any atom is -0.258 e. The molecule has 82 valence electrons. The predicted molar refractivity (Wildman–Crippen MR) is 58.1 cm³/mol. The Morgan fingerprint density at radius 2 is 2.27 bits per heavy atom. The lowest BCUT2D eigenvalue weighted by Gasteiger charge is -2.06. The van der Waals surface area contributed by atoms with Gasteiger partial charge in [0.05, 0.1) is 16.4 Å². The van der Waals surface area contributed by atoms with Gasteiger partial charge in [-0.15, -0.1) is 11.6 Å². The summed E-state index contributed by atoms with van der Waals surface area (Å²) in [4.78, 5) is 13.4. The molecule has 0 aliphatic rings. The SMILES string of the molecule is O=[N+]([O-])c1cc(I)nc(C(F)F)c1CCl. The van der Waals surface area contributed by atoms with Crippen molar-refractivity contribution >= 4 is 39.9 Å². The summed E-state index contributed by atoms with van der Waals surface area (Å²) in [6, 6.07) is 1.12. The van der Waals surface area contributed by atoms with Crippen LogP contribution in [0.4, 0.5) is 14.5 Å². The van der Waals surface area contributed by atoms with Gasteiger partial charge in [-0.25, -0.2) is 13.8 Å². The lowest BCUT2D eigenvalue weighted by atomic mass is 10.2. The zero-order valence-corrected chi connectivity index (χ0v) is 10.00. The van der Waals surface area contributed by atoms with E-state index in [-0.39, 0.29) is 15.1 Å². The zero-order valence-electron chi connectivity index (χ0n) is 7.08. The van der Waals surface area contributed by atoms with Gasteiger partial charge in [0, 0.05) is 6.07 Å². The topological polar surface area (TPSA) is 56.0 Å². The molecule has 0 radical (unpaired) electrons. The van der Waals surface area contributed by atoms with Crippen LogP contribution in [0.25, 0.3) is 0 Å². The second-order valence-electron chi connectivity index (χ2n) is 2.52. The van der Waals surface area contributed by atoms with Crippen LogP contribution in [0.5, 0.6) is 0 Å². The average Bonchev–Trinajstić information content (AvgIpc) is 2.16. The highest BCUT2D eigenvalue weighted by Crippen LogP contribution is 2.30. The monoisotopic (exact) mass is 348 g/mol. The molecule has 1 heterocycles. The van der Waals surface area contributed by atoms with Crippen molar-refractivity contribution < 1.29 is 13.7 Å². The Morgan fingerprint density at radius 3 is 2.67 bits per heavy atom. The van der Waals surface area contributed by atoms with Gasteiger partial charge in [0.25, 0.3) is 12.1 Å². The maximum Gasteiger partial charge on any atom is 0.280 e. The molecule has 0 aliphatic carbocycles. The normalized spacial score (nSPS) is 10.7. The summed E-state index contributed by atoms with van der Waals surface area (Å²) in [7, 11) is 0. The van der Waals surface area contributed by atoms with Gasteiger partial charge in [-0.2, -0.15) is 0 Å². The number of rotatable bonds is 3. The Morgan fingerprint density at radius 1 is 1.67 bits per heavy atom. The Kier molecular flexibility index (Phi) is 4.14. The highest BCUT2D eigenvalue weighted by Gasteiger charge is 2.24. The number of alkyl halides is 3. The molecule has 15 heavy (non-hydrogen) atoms. The quantitative estimate of drug-likeness (QED) is 0.277. The fourth-order valence-corrected chi connectivity index (χ4v) is 1.85. The standard InChI is InChI=1S/C7H4ClF2IN2O2/c8-2-3-4(13(14)15)1-5(11)12-6(3)7(9)10/h1,7H,2H2. The Labute approximate surface area is 102 Å². The summed E-state index contributed by atoms with van der Waals surface area (Å²) < 4.78 is 25.1. The maximum atomic E-state index is 12.5. The fourth-order valence-electron chi connectivity index (χ4n) is 1.03. The molecule has 4 nitrogen and oxygen atoms in total. The zero-order chi connectivity index (χ0) is 11.6. The first kappa shape index (κ1) is 12.5. The molecule has 0 fully saturated rings. The smallest absolute Gasteiger partial charge is 0.258 e. The molecule has 0 aliphatic heterocycles. The third-order valence-corrected chi connectivity index (χ3v) is 2.46. The van der Waals surface area contributed by atoms with Crippen LogP contribution in [0.1, 0.15) is 17.7 Å². The first-order chi connectivity index (χ1) is 6.97. The molecule has 0 spiro atoms. The van der Waals surface area contributed by atoms with Crippen molar-refractivity contribution in [2.75, 3.05) is 0 Å². The van der Waals surface area contributed by atoms with Gasteiger partial charge >= 0.3 is 0 Å². The van der Waals surface area contributed by atoms with Gasteiger partial charge in [-0.1, -0.05) is 0 Å². The van der Waals surface area contributed by atoms with E-state index in [1.54, 1.807) is 22.6 Å². The van der Waals surface area contributed by atoms with E-state index in [0.717, 1.165) is 6.07 Å². The van der Waals surface area contributed by atoms with E-state index in [0.29, 0.717) is 0 Å². The highest BCUT2D eigenvalue weighted by atomic mass is 127. The van der Waals surface area contributed by atoms with Crippen molar-refractivity contribution in [3.05, 3.63) is 31.1 Å². The number of hydrogen-bond acceptors (Lipinski definition) is 3. The Balaban J connectivity index is 3.45. The number of aromatic nitrogens is 1. The first-order valence-electron chi connectivity index (χ1n) is 3.65. The second-order valence-corrected chi connectivity index (χ2v) is 3.89. The summed E-state index contributed by atoms with van der Waals surface area (Å²) in [6.45, 7) is 0. The van der Waals surface area contributed by atoms with Crippen LogP contribution in [0, 0.1) is 13.8 Å². The second kappa shape index (κ2) is 4.97. The molecular formula is C7H4ClF2IN2O2. The number of pyridine rings is 1. The largest absolute Gasteiger partial charge is 0.280 e. The van der Waals surface area contributed by atoms with Gasteiger partial charge in [-0.05, 0) is 22.6 Å². The van der Waals surface area contributed by atoms with Gasteiger partial charge in [0.15, 0.2) is 0 Å². The Bertz CT molecular complexity index is 403. The number of nitro groups is 1. The molecule has 0 amide bonds. The van der Waals surface area contributed by atoms with Crippen molar-refractivity contribution in [1.29, 1.82) is 0 Å². The van der Waals surface area contributed by atoms with Crippen LogP contribution in [-0.4, -0.2) is 9.91 Å². The summed E-state index contributed by atoms with van der Waals surface area (Å²) in [5.41, 5.74) is -1.26. The van der Waals surface area contributed by atoms with Crippen molar-refractivity contribution in [3.8, 4) is 0 Å². The van der Waals surface area contributed by atoms with Gasteiger partial charge in [-0.3, -0.25) is 10.1 Å². The van der Waals surface area contributed by atoms with Gasteiger partial charge in [0.2, 0.25) is 0 Å².